The van der Waals surface area contributed by atoms with Gasteiger partial charge >= 0.3 is 0 Å². The molecule has 1 heterocycles. The van der Waals surface area contributed by atoms with Crippen LogP contribution in [0.4, 0.5) is 0 Å². The van der Waals surface area contributed by atoms with Gasteiger partial charge in [0.25, 0.3) is 0 Å². The van der Waals surface area contributed by atoms with Gasteiger partial charge in [-0.3, -0.25) is 4.98 Å². The van der Waals surface area contributed by atoms with E-state index in [4.69, 9.17) is 4.74 Å². The van der Waals surface area contributed by atoms with Crippen molar-refractivity contribution in [1.29, 1.82) is 0 Å². The number of methoxy groups -OCH3 is 1. The smallest absolute Gasteiger partial charge is 0.125 e. The summed E-state index contributed by atoms with van der Waals surface area (Å²) in [5.74, 6) is 0.675. The second-order valence-corrected chi connectivity index (χ2v) is 5.18. The fourth-order valence-electron chi connectivity index (χ4n) is 2.58. The number of ether oxygens (including phenoxy) is 1. The van der Waals surface area contributed by atoms with Gasteiger partial charge in [-0.15, -0.1) is 0 Å². The molecule has 0 radical (unpaired) electrons. The summed E-state index contributed by atoms with van der Waals surface area (Å²) in [6.45, 7) is 1.78. The Balaban J connectivity index is 2.15. The lowest BCUT2D eigenvalue weighted by molar-refractivity contribution is 0.0991. The molecule has 0 bridgehead atoms. The molecule has 0 saturated carbocycles. The third-order valence-corrected chi connectivity index (χ3v) is 3.80. The van der Waals surface area contributed by atoms with Crippen LogP contribution in [0.15, 0.2) is 60.8 Å². The Labute approximate surface area is 123 Å². The van der Waals surface area contributed by atoms with Crippen LogP contribution < -0.4 is 4.74 Å². The van der Waals surface area contributed by atoms with Crippen LogP contribution in [0.25, 0.3) is 10.9 Å². The fourth-order valence-corrected chi connectivity index (χ4v) is 2.58. The second kappa shape index (κ2) is 5.19. The highest BCUT2D eigenvalue weighted by Gasteiger charge is 2.28. The molecule has 0 amide bonds. The maximum Gasteiger partial charge on any atom is 0.125 e. The first kappa shape index (κ1) is 13.6. The minimum atomic E-state index is -1.13. The van der Waals surface area contributed by atoms with E-state index >= 15 is 0 Å². The van der Waals surface area contributed by atoms with Crippen molar-refractivity contribution in [1.82, 2.24) is 4.98 Å². The average Bonchev–Trinajstić information content (AvgIpc) is 2.54. The second-order valence-electron chi connectivity index (χ2n) is 5.18. The minimum Gasteiger partial charge on any atom is -0.496 e. The van der Waals surface area contributed by atoms with Crippen LogP contribution in [0.1, 0.15) is 18.1 Å². The molecule has 0 aliphatic heterocycles. The largest absolute Gasteiger partial charge is 0.496 e. The van der Waals surface area contributed by atoms with E-state index in [1.165, 1.54) is 0 Å². The van der Waals surface area contributed by atoms with E-state index in [0.717, 1.165) is 22.0 Å². The van der Waals surface area contributed by atoms with E-state index in [9.17, 15) is 5.11 Å². The van der Waals surface area contributed by atoms with Crippen LogP contribution in [0.5, 0.6) is 5.75 Å². The van der Waals surface area contributed by atoms with Crippen LogP contribution in [-0.4, -0.2) is 17.2 Å². The summed E-state index contributed by atoms with van der Waals surface area (Å²) in [6.07, 6.45) is 1.76. The number of hydrogen-bond acceptors (Lipinski definition) is 3. The molecule has 1 N–H and O–H groups in total. The number of aromatic nitrogens is 1. The quantitative estimate of drug-likeness (QED) is 0.798. The maximum atomic E-state index is 11.0. The molecular formula is C18H17NO2. The summed E-state index contributed by atoms with van der Waals surface area (Å²) in [6, 6.07) is 17.2. The molecule has 3 heteroatoms. The van der Waals surface area contributed by atoms with Crippen LogP contribution in [-0.2, 0) is 5.60 Å². The molecule has 1 unspecified atom stereocenters. The first-order chi connectivity index (χ1) is 10.1. The molecule has 0 saturated heterocycles. The van der Waals surface area contributed by atoms with Gasteiger partial charge in [-0.1, -0.05) is 30.3 Å². The van der Waals surface area contributed by atoms with Gasteiger partial charge in [0.05, 0.1) is 12.6 Å². The summed E-state index contributed by atoms with van der Waals surface area (Å²) in [5, 5.41) is 12.0. The standard InChI is InChI=1S/C18H17NO2/c1-18(20,15-7-3-4-8-17(15)21-2)14-9-10-16-13(12-14)6-5-11-19-16/h3-12,20H,1-2H3. The molecule has 1 aromatic heterocycles. The molecular weight excluding hydrogens is 262 g/mol. The highest BCUT2D eigenvalue weighted by atomic mass is 16.5. The van der Waals surface area contributed by atoms with Crippen molar-refractivity contribution in [2.24, 2.45) is 0 Å². The Bertz CT molecular complexity index is 781. The van der Waals surface area contributed by atoms with Crippen molar-refractivity contribution in [2.75, 3.05) is 7.11 Å². The van der Waals surface area contributed by atoms with Gasteiger partial charge in [-0.2, -0.15) is 0 Å². The third-order valence-electron chi connectivity index (χ3n) is 3.80. The van der Waals surface area contributed by atoms with Crippen molar-refractivity contribution in [3.05, 3.63) is 71.9 Å². The molecule has 0 spiro atoms. The Hall–Kier alpha value is -2.39. The zero-order valence-electron chi connectivity index (χ0n) is 12.1. The van der Waals surface area contributed by atoms with E-state index in [0.29, 0.717) is 5.75 Å². The topological polar surface area (TPSA) is 42.4 Å². The number of para-hydroxylation sites is 1. The highest BCUT2D eigenvalue weighted by Crippen LogP contribution is 2.36. The van der Waals surface area contributed by atoms with E-state index in [2.05, 4.69) is 4.98 Å². The summed E-state index contributed by atoms with van der Waals surface area (Å²) < 4.78 is 5.37. The molecule has 3 rings (SSSR count). The molecule has 106 valence electrons. The predicted molar refractivity (Wildman–Crippen MR) is 83.4 cm³/mol. The van der Waals surface area contributed by atoms with E-state index in [1.54, 1.807) is 20.2 Å². The van der Waals surface area contributed by atoms with Crippen molar-refractivity contribution in [3.8, 4) is 5.75 Å². The van der Waals surface area contributed by atoms with Gasteiger partial charge in [0.1, 0.15) is 11.4 Å². The molecule has 21 heavy (non-hydrogen) atoms. The Morgan fingerprint density at radius 2 is 1.86 bits per heavy atom. The van der Waals surface area contributed by atoms with Crippen molar-refractivity contribution in [2.45, 2.75) is 12.5 Å². The number of rotatable bonds is 3. The number of fused-ring (bicyclic) bond motifs is 1. The first-order valence-electron chi connectivity index (χ1n) is 6.84. The molecule has 3 aromatic rings. The number of benzene rings is 2. The average molecular weight is 279 g/mol. The Morgan fingerprint density at radius 3 is 2.67 bits per heavy atom. The molecule has 1 atom stereocenters. The van der Waals surface area contributed by atoms with Crippen LogP contribution >= 0.6 is 0 Å². The van der Waals surface area contributed by atoms with Crippen molar-refractivity contribution < 1.29 is 9.84 Å². The maximum absolute atomic E-state index is 11.0. The van der Waals surface area contributed by atoms with Gasteiger partial charge in [-0.25, -0.2) is 0 Å². The lowest BCUT2D eigenvalue weighted by atomic mass is 9.87. The van der Waals surface area contributed by atoms with Crippen LogP contribution in [0.2, 0.25) is 0 Å². The predicted octanol–water partition coefficient (Wildman–Crippen LogP) is 3.50. The SMILES string of the molecule is COc1ccccc1C(C)(O)c1ccc2ncccc2c1. The summed E-state index contributed by atoms with van der Waals surface area (Å²) >= 11 is 0. The zero-order valence-corrected chi connectivity index (χ0v) is 12.1. The number of aliphatic hydroxyl groups is 1. The highest BCUT2D eigenvalue weighted by molar-refractivity contribution is 5.79. The van der Waals surface area contributed by atoms with Gasteiger partial charge < -0.3 is 9.84 Å². The Morgan fingerprint density at radius 1 is 1.05 bits per heavy atom. The minimum absolute atomic E-state index is 0.675. The number of nitrogens with zero attached hydrogens (tertiary/aromatic N) is 1. The summed E-state index contributed by atoms with van der Waals surface area (Å²) in [7, 11) is 1.61. The third kappa shape index (κ3) is 2.36. The molecule has 0 fully saturated rings. The molecule has 3 nitrogen and oxygen atoms in total. The normalized spacial score (nSPS) is 13.9. The molecule has 0 aliphatic rings. The lowest BCUT2D eigenvalue weighted by Crippen LogP contribution is -2.23. The fraction of sp³-hybridized carbons (Fsp3) is 0.167. The van der Waals surface area contributed by atoms with Crippen molar-refractivity contribution >= 4 is 10.9 Å². The number of hydrogen-bond donors (Lipinski definition) is 1. The molecule has 0 aliphatic carbocycles. The summed E-state index contributed by atoms with van der Waals surface area (Å²) in [5.41, 5.74) is 1.34. The van der Waals surface area contributed by atoms with Gasteiger partial charge in [-0.05, 0) is 36.8 Å². The van der Waals surface area contributed by atoms with E-state index in [1.807, 2.05) is 54.6 Å². The van der Waals surface area contributed by atoms with Crippen LogP contribution in [0, 0.1) is 0 Å². The van der Waals surface area contributed by atoms with Gasteiger partial charge in [0.2, 0.25) is 0 Å². The lowest BCUT2D eigenvalue weighted by Gasteiger charge is -2.26. The van der Waals surface area contributed by atoms with E-state index < -0.39 is 5.60 Å². The number of pyridine rings is 1. The van der Waals surface area contributed by atoms with E-state index in [-0.39, 0.29) is 0 Å². The Kier molecular flexibility index (Phi) is 3.35. The van der Waals surface area contributed by atoms with Crippen LogP contribution in [0.3, 0.4) is 0 Å². The first-order valence-corrected chi connectivity index (χ1v) is 6.84. The zero-order chi connectivity index (χ0) is 14.9. The molecule has 2 aromatic carbocycles. The van der Waals surface area contributed by atoms with Crippen molar-refractivity contribution in [3.63, 3.8) is 0 Å². The monoisotopic (exact) mass is 279 g/mol. The summed E-state index contributed by atoms with van der Waals surface area (Å²) in [4.78, 5) is 4.30. The van der Waals surface area contributed by atoms with Gasteiger partial charge in [0.15, 0.2) is 0 Å². The van der Waals surface area contributed by atoms with Gasteiger partial charge in [0, 0.05) is 17.1 Å².